The maximum Gasteiger partial charge on any atom is 0.434 e. The van der Waals surface area contributed by atoms with Gasteiger partial charge in [0.05, 0.1) is 12.8 Å². The summed E-state index contributed by atoms with van der Waals surface area (Å²) in [4.78, 5) is 26.2. The number of aromatic nitrogens is 8. The number of nitrogens with zero attached hydrogens (tertiary/aromatic N) is 8. The number of aryl methyl sites for hydroxylation is 1. The number of nitrogens with one attached hydrogen (secondary N) is 1. The molecule has 0 unspecified atom stereocenters. The number of rotatable bonds is 7. The van der Waals surface area contributed by atoms with E-state index in [1.807, 2.05) is 12.1 Å². The van der Waals surface area contributed by atoms with Crippen LogP contribution in [0, 0.1) is 0 Å². The summed E-state index contributed by atoms with van der Waals surface area (Å²) in [5, 5.41) is 3.22. The van der Waals surface area contributed by atoms with Gasteiger partial charge in [0.25, 0.3) is 0 Å². The number of ether oxygens (including phenoxy) is 1. The summed E-state index contributed by atoms with van der Waals surface area (Å²) in [5.74, 6) is 2.38. The molecule has 0 atom stereocenters. The van der Waals surface area contributed by atoms with Gasteiger partial charge in [-0.2, -0.15) is 23.1 Å². The van der Waals surface area contributed by atoms with Crippen LogP contribution in [0.3, 0.4) is 0 Å². The highest BCUT2D eigenvalue weighted by molar-refractivity contribution is 5.69. The minimum absolute atomic E-state index is 0.236. The predicted octanol–water partition coefficient (Wildman–Crippen LogP) is 4.50. The van der Waals surface area contributed by atoms with Gasteiger partial charge in [-0.05, 0) is 18.4 Å². The fourth-order valence-electron chi connectivity index (χ4n) is 4.31. The Kier molecular flexibility index (Phi) is 5.69. The molecule has 0 radical (unpaired) electrons. The molecule has 0 aliphatic heterocycles. The van der Waals surface area contributed by atoms with E-state index in [1.165, 1.54) is 17.9 Å². The summed E-state index contributed by atoms with van der Waals surface area (Å²) in [6.07, 6.45) is 3.49. The van der Waals surface area contributed by atoms with Gasteiger partial charge in [0.1, 0.15) is 17.7 Å². The number of alkyl halides is 3. The number of fused-ring (bicyclic) bond motifs is 1. The Morgan fingerprint density at radius 3 is 2.50 bits per heavy atom. The second-order valence-electron chi connectivity index (χ2n) is 8.99. The first-order valence-electron chi connectivity index (χ1n) is 11.9. The molecule has 194 valence electrons. The molecule has 5 aromatic rings. The van der Waals surface area contributed by atoms with Gasteiger partial charge in [-0.25, -0.2) is 19.9 Å². The Morgan fingerprint density at radius 1 is 1.03 bits per heavy atom. The number of methoxy groups -OCH3 is 1. The summed E-state index contributed by atoms with van der Waals surface area (Å²) < 4.78 is 47.8. The second kappa shape index (κ2) is 9.08. The molecule has 6 rings (SSSR count). The van der Waals surface area contributed by atoms with Crippen LogP contribution in [0.5, 0.6) is 5.88 Å². The highest BCUT2D eigenvalue weighted by Gasteiger charge is 2.34. The minimum Gasteiger partial charge on any atom is -0.480 e. The van der Waals surface area contributed by atoms with Gasteiger partial charge in [0, 0.05) is 43.7 Å². The van der Waals surface area contributed by atoms with Gasteiger partial charge >= 0.3 is 6.18 Å². The molecule has 1 N–H and O–H groups in total. The van der Waals surface area contributed by atoms with Gasteiger partial charge in [0.2, 0.25) is 17.6 Å². The van der Waals surface area contributed by atoms with Crippen molar-refractivity contribution in [1.82, 2.24) is 38.9 Å². The lowest BCUT2D eigenvalue weighted by Crippen LogP contribution is -2.10. The molecule has 0 amide bonds. The van der Waals surface area contributed by atoms with E-state index in [4.69, 9.17) is 9.72 Å². The van der Waals surface area contributed by atoms with E-state index in [2.05, 4.69) is 30.2 Å². The lowest BCUT2D eigenvalue weighted by molar-refractivity contribution is -0.140. The van der Waals surface area contributed by atoms with Crippen molar-refractivity contribution in [2.45, 2.75) is 31.5 Å². The highest BCUT2D eigenvalue weighted by atomic mass is 19.4. The Hall–Kier alpha value is -4.55. The molecule has 1 aliphatic carbocycles. The standard InChI is InChI=1S/C25H22F3N9O/c1-36-12-17(25(26,27)28)33-20(36)16-5-3-14(4-6-16)11-30-23-34-21(37-10-9-29-24(37)35-23)18-19(15-7-8-15)31-13-32-22(18)38-2/h3-6,9-10,12-13,15H,7-8,11H2,1-2H3,(H,29,30,35). The van der Waals surface area contributed by atoms with Crippen LogP contribution in [-0.4, -0.2) is 46.0 Å². The van der Waals surface area contributed by atoms with Crippen molar-refractivity contribution >= 4 is 11.7 Å². The van der Waals surface area contributed by atoms with Crippen molar-refractivity contribution in [3.05, 3.63) is 66.1 Å². The first-order chi connectivity index (χ1) is 18.3. The number of benzene rings is 1. The summed E-state index contributed by atoms with van der Waals surface area (Å²) in [7, 11) is 3.10. The SMILES string of the molecule is COc1ncnc(C2CC2)c1-c1nc(NCc2ccc(-c3nc(C(F)(F)F)cn3C)cc2)nc2nccn12. The van der Waals surface area contributed by atoms with Gasteiger partial charge in [-0.15, -0.1) is 0 Å². The van der Waals surface area contributed by atoms with E-state index in [0.717, 1.165) is 30.3 Å². The second-order valence-corrected chi connectivity index (χ2v) is 8.99. The first kappa shape index (κ1) is 23.8. The van der Waals surface area contributed by atoms with Crippen LogP contribution in [0.25, 0.3) is 28.6 Å². The normalized spacial score (nSPS) is 13.7. The number of halogens is 3. The van der Waals surface area contributed by atoms with Crippen LogP contribution >= 0.6 is 0 Å². The zero-order valence-electron chi connectivity index (χ0n) is 20.4. The zero-order chi connectivity index (χ0) is 26.4. The predicted molar refractivity (Wildman–Crippen MR) is 131 cm³/mol. The molecule has 0 saturated heterocycles. The topological polar surface area (TPSA) is 108 Å². The van der Waals surface area contributed by atoms with Crippen molar-refractivity contribution in [1.29, 1.82) is 0 Å². The summed E-state index contributed by atoms with van der Waals surface area (Å²) in [6, 6.07) is 7.10. The third kappa shape index (κ3) is 4.40. The molecule has 4 heterocycles. The average molecular weight is 522 g/mol. The van der Waals surface area contributed by atoms with Crippen molar-refractivity contribution in [2.75, 3.05) is 12.4 Å². The summed E-state index contributed by atoms with van der Waals surface area (Å²) >= 11 is 0. The molecule has 10 nitrogen and oxygen atoms in total. The summed E-state index contributed by atoms with van der Waals surface area (Å²) in [5.41, 5.74) is 2.13. The van der Waals surface area contributed by atoms with Crippen LogP contribution in [0.2, 0.25) is 0 Å². The third-order valence-corrected chi connectivity index (χ3v) is 6.32. The fourth-order valence-corrected chi connectivity index (χ4v) is 4.31. The van der Waals surface area contributed by atoms with Crippen LogP contribution in [0.4, 0.5) is 19.1 Å². The van der Waals surface area contributed by atoms with Crippen molar-refractivity contribution < 1.29 is 17.9 Å². The maximum atomic E-state index is 13.0. The third-order valence-electron chi connectivity index (χ3n) is 6.32. The molecule has 38 heavy (non-hydrogen) atoms. The van der Waals surface area contributed by atoms with Crippen LogP contribution in [-0.2, 0) is 19.8 Å². The molecular weight excluding hydrogens is 499 g/mol. The number of hydrogen-bond acceptors (Lipinski definition) is 8. The van der Waals surface area contributed by atoms with Crippen molar-refractivity contribution in [3.8, 4) is 28.7 Å². The van der Waals surface area contributed by atoms with Gasteiger partial charge < -0.3 is 14.6 Å². The molecule has 4 aromatic heterocycles. The van der Waals surface area contributed by atoms with Crippen LogP contribution in [0.1, 0.15) is 35.7 Å². The minimum atomic E-state index is -4.50. The van der Waals surface area contributed by atoms with Crippen LogP contribution < -0.4 is 10.1 Å². The van der Waals surface area contributed by atoms with E-state index in [9.17, 15) is 13.2 Å². The molecule has 1 fully saturated rings. The van der Waals surface area contributed by atoms with Crippen molar-refractivity contribution in [3.63, 3.8) is 0 Å². The Balaban J connectivity index is 1.28. The lowest BCUT2D eigenvalue weighted by atomic mass is 10.1. The van der Waals surface area contributed by atoms with Gasteiger partial charge in [0.15, 0.2) is 11.5 Å². The van der Waals surface area contributed by atoms with E-state index >= 15 is 0 Å². The van der Waals surface area contributed by atoms with Gasteiger partial charge in [-0.1, -0.05) is 24.3 Å². The number of imidazole rings is 2. The molecule has 1 saturated carbocycles. The Morgan fingerprint density at radius 2 is 1.82 bits per heavy atom. The van der Waals surface area contributed by atoms with E-state index in [0.29, 0.717) is 47.0 Å². The maximum absolute atomic E-state index is 13.0. The summed E-state index contributed by atoms with van der Waals surface area (Å²) in [6.45, 7) is 0.378. The lowest BCUT2D eigenvalue weighted by Gasteiger charge is -2.14. The first-order valence-corrected chi connectivity index (χ1v) is 11.9. The largest absolute Gasteiger partial charge is 0.480 e. The van der Waals surface area contributed by atoms with E-state index in [1.54, 1.807) is 36.0 Å². The highest BCUT2D eigenvalue weighted by Crippen LogP contribution is 2.45. The Bertz CT molecular complexity index is 1620. The van der Waals surface area contributed by atoms with E-state index < -0.39 is 11.9 Å². The monoisotopic (exact) mass is 521 g/mol. The van der Waals surface area contributed by atoms with E-state index in [-0.39, 0.29) is 5.82 Å². The molecule has 1 aliphatic rings. The quantitative estimate of drug-likeness (QED) is 0.334. The molecule has 13 heteroatoms. The number of hydrogen-bond donors (Lipinski definition) is 1. The van der Waals surface area contributed by atoms with Crippen LogP contribution in [0.15, 0.2) is 49.2 Å². The Labute approximate surface area is 214 Å². The molecular formula is C25H22F3N9O. The number of anilines is 1. The molecule has 1 aromatic carbocycles. The zero-order valence-corrected chi connectivity index (χ0v) is 20.4. The smallest absolute Gasteiger partial charge is 0.434 e. The average Bonchev–Trinajstić information content (AvgIpc) is 3.51. The van der Waals surface area contributed by atoms with Gasteiger partial charge in [-0.3, -0.25) is 4.40 Å². The van der Waals surface area contributed by atoms with Crippen molar-refractivity contribution in [2.24, 2.45) is 7.05 Å². The fraction of sp³-hybridized carbons (Fsp3) is 0.280. The molecule has 0 spiro atoms. The molecule has 0 bridgehead atoms.